The predicted molar refractivity (Wildman–Crippen MR) is 62.3 cm³/mol. The summed E-state index contributed by atoms with van der Waals surface area (Å²) in [6.45, 7) is 0.482. The molecule has 1 heterocycles. The molecule has 4 nitrogen and oxygen atoms in total. The van der Waals surface area contributed by atoms with Gasteiger partial charge in [-0.05, 0) is 18.2 Å². The summed E-state index contributed by atoms with van der Waals surface area (Å²) < 4.78 is 18.0. The zero-order chi connectivity index (χ0) is 12.1. The molecule has 0 amide bonds. The highest BCUT2D eigenvalue weighted by Crippen LogP contribution is 2.21. The van der Waals surface area contributed by atoms with Gasteiger partial charge in [-0.1, -0.05) is 0 Å². The number of hydrogen-bond acceptors (Lipinski definition) is 4. The molecule has 1 aromatic carbocycles. The Balaban J connectivity index is 2.04. The van der Waals surface area contributed by atoms with E-state index in [2.05, 4.69) is 15.3 Å². The van der Waals surface area contributed by atoms with E-state index in [-0.39, 0.29) is 11.6 Å². The lowest BCUT2D eigenvalue weighted by molar-refractivity contribution is 0.387. The minimum absolute atomic E-state index is 0.212. The third-order valence-electron chi connectivity index (χ3n) is 2.22. The number of hydrogen-bond donors (Lipinski definition) is 1. The summed E-state index contributed by atoms with van der Waals surface area (Å²) in [6, 6.07) is 6.34. The molecular formula is C12H12FN3O. The molecular weight excluding hydrogens is 221 g/mol. The number of ether oxygens (including phenoxy) is 1. The van der Waals surface area contributed by atoms with E-state index in [1.807, 2.05) is 0 Å². The second-order valence-electron chi connectivity index (χ2n) is 3.37. The molecule has 0 saturated carbocycles. The van der Waals surface area contributed by atoms with E-state index in [4.69, 9.17) is 4.74 Å². The Bertz CT molecular complexity index is 490. The van der Waals surface area contributed by atoms with Crippen LogP contribution in [-0.2, 0) is 6.54 Å². The molecule has 0 saturated heterocycles. The lowest BCUT2D eigenvalue weighted by atomic mass is 10.3. The average Bonchev–Trinajstić information content (AvgIpc) is 2.39. The standard InChI is InChI=1S/C12H12FN3O/c1-17-11-7-9(3-4-10(11)13)16-8-12-14-5-2-6-15-12/h2-7,16H,8H2,1H3. The van der Waals surface area contributed by atoms with Gasteiger partial charge >= 0.3 is 0 Å². The summed E-state index contributed by atoms with van der Waals surface area (Å²) in [4.78, 5) is 8.15. The van der Waals surface area contributed by atoms with Crippen LogP contribution in [0, 0.1) is 5.82 Å². The van der Waals surface area contributed by atoms with Crippen molar-refractivity contribution in [2.24, 2.45) is 0 Å². The van der Waals surface area contributed by atoms with E-state index in [1.165, 1.54) is 13.2 Å². The van der Waals surface area contributed by atoms with Gasteiger partial charge in [-0.25, -0.2) is 14.4 Å². The molecule has 17 heavy (non-hydrogen) atoms. The van der Waals surface area contributed by atoms with Crippen LogP contribution >= 0.6 is 0 Å². The van der Waals surface area contributed by atoms with Crippen LogP contribution < -0.4 is 10.1 Å². The lowest BCUT2D eigenvalue weighted by Gasteiger charge is -2.07. The molecule has 0 aliphatic heterocycles. The van der Waals surface area contributed by atoms with E-state index in [1.54, 1.807) is 30.6 Å². The van der Waals surface area contributed by atoms with Crippen molar-refractivity contribution in [3.8, 4) is 5.75 Å². The van der Waals surface area contributed by atoms with E-state index >= 15 is 0 Å². The van der Waals surface area contributed by atoms with Crippen LogP contribution in [0.4, 0.5) is 10.1 Å². The monoisotopic (exact) mass is 233 g/mol. The largest absolute Gasteiger partial charge is 0.494 e. The first-order valence-corrected chi connectivity index (χ1v) is 5.13. The van der Waals surface area contributed by atoms with Crippen LogP contribution in [0.3, 0.4) is 0 Å². The summed E-state index contributed by atoms with van der Waals surface area (Å²) >= 11 is 0. The smallest absolute Gasteiger partial charge is 0.165 e. The van der Waals surface area contributed by atoms with E-state index in [0.717, 1.165) is 5.69 Å². The molecule has 0 spiro atoms. The Morgan fingerprint density at radius 2 is 2.06 bits per heavy atom. The molecule has 0 radical (unpaired) electrons. The van der Waals surface area contributed by atoms with Gasteiger partial charge < -0.3 is 10.1 Å². The Morgan fingerprint density at radius 1 is 1.29 bits per heavy atom. The SMILES string of the molecule is COc1cc(NCc2ncccn2)ccc1F. The van der Waals surface area contributed by atoms with Crippen molar-refractivity contribution in [2.45, 2.75) is 6.54 Å². The fourth-order valence-corrected chi connectivity index (χ4v) is 1.37. The molecule has 2 aromatic rings. The number of methoxy groups -OCH3 is 1. The Morgan fingerprint density at radius 3 is 2.76 bits per heavy atom. The normalized spacial score (nSPS) is 10.0. The van der Waals surface area contributed by atoms with Gasteiger partial charge in [0, 0.05) is 24.1 Å². The van der Waals surface area contributed by atoms with Gasteiger partial charge in [0.15, 0.2) is 11.6 Å². The van der Waals surface area contributed by atoms with Crippen molar-refractivity contribution in [3.05, 3.63) is 48.3 Å². The average molecular weight is 233 g/mol. The number of aromatic nitrogens is 2. The molecule has 1 N–H and O–H groups in total. The summed E-state index contributed by atoms with van der Waals surface area (Å²) in [5.74, 6) is 0.508. The fraction of sp³-hybridized carbons (Fsp3) is 0.167. The van der Waals surface area contributed by atoms with Crippen molar-refractivity contribution in [1.29, 1.82) is 0 Å². The number of halogens is 1. The first-order valence-electron chi connectivity index (χ1n) is 5.13. The van der Waals surface area contributed by atoms with Crippen LogP contribution in [0.1, 0.15) is 5.82 Å². The second kappa shape index (κ2) is 5.25. The molecule has 0 bridgehead atoms. The summed E-state index contributed by atoms with van der Waals surface area (Å²) in [5, 5.41) is 3.09. The molecule has 0 unspecified atom stereocenters. The Labute approximate surface area is 98.5 Å². The van der Waals surface area contributed by atoms with Gasteiger partial charge in [-0.3, -0.25) is 0 Å². The minimum Gasteiger partial charge on any atom is -0.494 e. The van der Waals surface area contributed by atoms with Gasteiger partial charge in [-0.15, -0.1) is 0 Å². The zero-order valence-corrected chi connectivity index (χ0v) is 9.35. The maximum Gasteiger partial charge on any atom is 0.165 e. The third-order valence-corrected chi connectivity index (χ3v) is 2.22. The van der Waals surface area contributed by atoms with Crippen molar-refractivity contribution in [3.63, 3.8) is 0 Å². The molecule has 0 aliphatic carbocycles. The van der Waals surface area contributed by atoms with Crippen LogP contribution in [0.25, 0.3) is 0 Å². The third kappa shape index (κ3) is 2.90. The Kier molecular flexibility index (Phi) is 3.49. The molecule has 88 valence electrons. The van der Waals surface area contributed by atoms with Gasteiger partial charge in [0.25, 0.3) is 0 Å². The summed E-state index contributed by atoms with van der Waals surface area (Å²) in [6.07, 6.45) is 3.35. The van der Waals surface area contributed by atoms with Crippen LogP contribution in [0.15, 0.2) is 36.7 Å². The fourth-order valence-electron chi connectivity index (χ4n) is 1.37. The van der Waals surface area contributed by atoms with Crippen molar-refractivity contribution < 1.29 is 9.13 Å². The van der Waals surface area contributed by atoms with E-state index in [9.17, 15) is 4.39 Å². The van der Waals surface area contributed by atoms with Crippen molar-refractivity contribution in [2.75, 3.05) is 12.4 Å². The number of benzene rings is 1. The summed E-state index contributed by atoms with van der Waals surface area (Å²) in [7, 11) is 1.43. The Hall–Kier alpha value is -2.17. The molecule has 0 atom stereocenters. The van der Waals surface area contributed by atoms with Gasteiger partial charge in [0.2, 0.25) is 0 Å². The predicted octanol–water partition coefficient (Wildman–Crippen LogP) is 2.24. The molecule has 5 heteroatoms. The molecule has 0 aliphatic rings. The maximum atomic E-state index is 13.2. The highest BCUT2D eigenvalue weighted by molar-refractivity contribution is 5.48. The maximum absolute atomic E-state index is 13.2. The number of nitrogens with zero attached hydrogens (tertiary/aromatic N) is 2. The van der Waals surface area contributed by atoms with Gasteiger partial charge in [0.05, 0.1) is 13.7 Å². The second-order valence-corrected chi connectivity index (χ2v) is 3.37. The molecule has 2 rings (SSSR count). The van der Waals surface area contributed by atoms with Crippen molar-refractivity contribution in [1.82, 2.24) is 9.97 Å². The van der Waals surface area contributed by atoms with Crippen molar-refractivity contribution >= 4 is 5.69 Å². The molecule has 0 fully saturated rings. The first-order chi connectivity index (χ1) is 8.29. The number of rotatable bonds is 4. The quantitative estimate of drug-likeness (QED) is 0.879. The first kappa shape index (κ1) is 11.3. The van der Waals surface area contributed by atoms with E-state index < -0.39 is 0 Å². The minimum atomic E-state index is -0.381. The van der Waals surface area contributed by atoms with Crippen LogP contribution in [-0.4, -0.2) is 17.1 Å². The van der Waals surface area contributed by atoms with Crippen LogP contribution in [0.5, 0.6) is 5.75 Å². The number of nitrogens with one attached hydrogen (secondary N) is 1. The topological polar surface area (TPSA) is 47.0 Å². The van der Waals surface area contributed by atoms with Gasteiger partial charge in [0.1, 0.15) is 5.82 Å². The van der Waals surface area contributed by atoms with Gasteiger partial charge in [-0.2, -0.15) is 0 Å². The van der Waals surface area contributed by atoms with Crippen LogP contribution in [0.2, 0.25) is 0 Å². The number of anilines is 1. The lowest BCUT2D eigenvalue weighted by Crippen LogP contribution is -2.03. The van der Waals surface area contributed by atoms with E-state index in [0.29, 0.717) is 12.4 Å². The highest BCUT2D eigenvalue weighted by Gasteiger charge is 2.03. The zero-order valence-electron chi connectivity index (χ0n) is 9.35. The summed E-state index contributed by atoms with van der Waals surface area (Å²) in [5.41, 5.74) is 0.760. The molecule has 1 aromatic heterocycles. The highest BCUT2D eigenvalue weighted by atomic mass is 19.1.